The number of thiophene rings is 1. The average Bonchev–Trinajstić information content (AvgIpc) is 3.17. The van der Waals surface area contributed by atoms with Crippen LogP contribution in [0, 0.1) is 6.92 Å². The second-order valence-electron chi connectivity index (χ2n) is 7.84. The van der Waals surface area contributed by atoms with Crippen molar-refractivity contribution in [1.82, 2.24) is 0 Å². The molecule has 3 N–H and O–H groups in total. The van der Waals surface area contributed by atoms with Crippen molar-refractivity contribution in [2.75, 3.05) is 18.5 Å². The first kappa shape index (κ1) is 24.0. The van der Waals surface area contributed by atoms with Gasteiger partial charge < -0.3 is 20.5 Å². The van der Waals surface area contributed by atoms with Crippen molar-refractivity contribution in [1.29, 1.82) is 0 Å². The van der Waals surface area contributed by atoms with E-state index < -0.39 is 5.91 Å². The number of amides is 2. The summed E-state index contributed by atoms with van der Waals surface area (Å²) in [7, 11) is 0. The van der Waals surface area contributed by atoms with Crippen LogP contribution in [0.25, 0.3) is 0 Å². The van der Waals surface area contributed by atoms with Gasteiger partial charge in [-0.3, -0.25) is 9.59 Å². The van der Waals surface area contributed by atoms with Gasteiger partial charge in [0.15, 0.2) is 0 Å². The monoisotopic (exact) mass is 486 g/mol. The van der Waals surface area contributed by atoms with E-state index in [9.17, 15) is 9.59 Å². The van der Waals surface area contributed by atoms with E-state index in [-0.39, 0.29) is 12.5 Å². The molecule has 0 bridgehead atoms. The van der Waals surface area contributed by atoms with Gasteiger partial charge >= 0.3 is 0 Å². The first-order chi connectivity index (χ1) is 17.0. The fraction of sp³-hybridized carbons (Fsp3) is 0.143. The highest BCUT2D eigenvalue weighted by Crippen LogP contribution is 2.35. The molecule has 0 saturated heterocycles. The Kier molecular flexibility index (Phi) is 7.80. The Balaban J connectivity index is 1.47. The van der Waals surface area contributed by atoms with Crippen molar-refractivity contribution < 1.29 is 19.1 Å². The van der Waals surface area contributed by atoms with Gasteiger partial charge in [-0.05, 0) is 42.3 Å². The highest BCUT2D eigenvalue weighted by molar-refractivity contribution is 7.17. The van der Waals surface area contributed by atoms with Crippen LogP contribution in [0.2, 0.25) is 0 Å². The predicted molar refractivity (Wildman–Crippen MR) is 139 cm³/mol. The maximum atomic E-state index is 13.2. The van der Waals surface area contributed by atoms with Gasteiger partial charge in [0.25, 0.3) is 11.8 Å². The standard InChI is InChI=1S/C28H26N2O4S/c1-19-24(18-20-10-4-2-5-11-20)35-28(25(19)26(29)31)30-27(32)22-14-8-9-15-23(22)34-17-16-33-21-12-6-3-7-13-21/h2-15H,16-18H2,1H3,(H2,29,31)(H,30,32). The van der Waals surface area contributed by atoms with Crippen LogP contribution in [0.4, 0.5) is 5.00 Å². The topological polar surface area (TPSA) is 90.7 Å². The molecule has 3 aromatic carbocycles. The van der Waals surface area contributed by atoms with Gasteiger partial charge in [0.1, 0.15) is 29.7 Å². The second-order valence-corrected chi connectivity index (χ2v) is 8.95. The van der Waals surface area contributed by atoms with Crippen LogP contribution < -0.4 is 20.5 Å². The summed E-state index contributed by atoms with van der Waals surface area (Å²) >= 11 is 1.36. The molecular weight excluding hydrogens is 460 g/mol. The highest BCUT2D eigenvalue weighted by Gasteiger charge is 2.22. The van der Waals surface area contributed by atoms with Gasteiger partial charge in [-0.2, -0.15) is 0 Å². The quantitative estimate of drug-likeness (QED) is 0.291. The van der Waals surface area contributed by atoms with E-state index in [4.69, 9.17) is 15.2 Å². The van der Waals surface area contributed by atoms with Gasteiger partial charge in [0.2, 0.25) is 0 Å². The summed E-state index contributed by atoms with van der Waals surface area (Å²) in [5, 5.41) is 3.32. The molecule has 0 atom stereocenters. The summed E-state index contributed by atoms with van der Waals surface area (Å²) in [6.45, 7) is 2.46. The SMILES string of the molecule is Cc1c(Cc2ccccc2)sc(NC(=O)c2ccccc2OCCOc2ccccc2)c1C(N)=O. The summed E-state index contributed by atoms with van der Waals surface area (Å²) in [6.07, 6.45) is 0.647. The molecule has 7 heteroatoms. The molecule has 1 heterocycles. The van der Waals surface area contributed by atoms with E-state index in [0.717, 1.165) is 21.8 Å². The summed E-state index contributed by atoms with van der Waals surface area (Å²) in [4.78, 5) is 26.4. The number of ether oxygens (including phenoxy) is 2. The van der Waals surface area contributed by atoms with Crippen LogP contribution in [-0.2, 0) is 6.42 Å². The fourth-order valence-corrected chi connectivity index (χ4v) is 4.91. The Morgan fingerprint density at radius 1 is 0.857 bits per heavy atom. The van der Waals surface area contributed by atoms with Gasteiger partial charge in [-0.15, -0.1) is 11.3 Å². The zero-order chi connectivity index (χ0) is 24.6. The first-order valence-corrected chi connectivity index (χ1v) is 12.0. The minimum absolute atomic E-state index is 0.269. The summed E-state index contributed by atoms with van der Waals surface area (Å²) in [6, 6.07) is 26.4. The molecule has 0 fully saturated rings. The molecule has 0 aliphatic carbocycles. The lowest BCUT2D eigenvalue weighted by molar-refractivity contribution is 0.100. The smallest absolute Gasteiger partial charge is 0.260 e. The normalized spacial score (nSPS) is 10.5. The molecule has 6 nitrogen and oxygen atoms in total. The third kappa shape index (κ3) is 6.07. The number of carbonyl (C=O) groups excluding carboxylic acids is 2. The van der Waals surface area contributed by atoms with E-state index in [1.807, 2.05) is 67.6 Å². The number of hydrogen-bond acceptors (Lipinski definition) is 5. The molecule has 0 aliphatic rings. The Bertz CT molecular complexity index is 1300. The number of para-hydroxylation sites is 2. The maximum absolute atomic E-state index is 13.2. The predicted octanol–water partition coefficient (Wildman–Crippen LogP) is 5.46. The number of nitrogens with one attached hydrogen (secondary N) is 1. The fourth-order valence-electron chi connectivity index (χ4n) is 3.67. The van der Waals surface area contributed by atoms with E-state index >= 15 is 0 Å². The van der Waals surface area contributed by atoms with Gasteiger partial charge in [0, 0.05) is 11.3 Å². The first-order valence-electron chi connectivity index (χ1n) is 11.2. The highest BCUT2D eigenvalue weighted by atomic mass is 32.1. The molecule has 4 rings (SSSR count). The third-order valence-corrected chi connectivity index (χ3v) is 6.62. The average molecular weight is 487 g/mol. The lowest BCUT2D eigenvalue weighted by atomic mass is 10.1. The summed E-state index contributed by atoms with van der Waals surface area (Å²) in [5.74, 6) is 0.233. The number of nitrogens with two attached hydrogens (primary N) is 1. The lowest BCUT2D eigenvalue weighted by Gasteiger charge is -2.12. The summed E-state index contributed by atoms with van der Waals surface area (Å²) < 4.78 is 11.5. The van der Waals surface area contributed by atoms with Crippen LogP contribution in [0.3, 0.4) is 0 Å². The Morgan fingerprint density at radius 2 is 1.49 bits per heavy atom. The van der Waals surface area contributed by atoms with E-state index in [1.165, 1.54) is 11.3 Å². The van der Waals surface area contributed by atoms with Crippen LogP contribution in [-0.4, -0.2) is 25.0 Å². The number of primary amides is 1. The lowest BCUT2D eigenvalue weighted by Crippen LogP contribution is -2.18. The van der Waals surface area contributed by atoms with Gasteiger partial charge in [0.05, 0.1) is 11.1 Å². The number of rotatable bonds is 10. The Morgan fingerprint density at radius 3 is 2.20 bits per heavy atom. The molecular formula is C28H26N2O4S. The van der Waals surface area contributed by atoms with Crippen LogP contribution >= 0.6 is 11.3 Å². The van der Waals surface area contributed by atoms with Gasteiger partial charge in [-0.1, -0.05) is 60.7 Å². The van der Waals surface area contributed by atoms with Gasteiger partial charge in [-0.25, -0.2) is 0 Å². The zero-order valence-corrected chi connectivity index (χ0v) is 20.1. The van der Waals surface area contributed by atoms with E-state index in [0.29, 0.717) is 34.9 Å². The third-order valence-electron chi connectivity index (χ3n) is 5.41. The molecule has 1 aromatic heterocycles. The largest absolute Gasteiger partial charge is 0.490 e. The van der Waals surface area contributed by atoms with Crippen LogP contribution in [0.1, 0.15) is 36.7 Å². The molecule has 0 unspecified atom stereocenters. The molecule has 4 aromatic rings. The minimum Gasteiger partial charge on any atom is -0.490 e. The van der Waals surface area contributed by atoms with Crippen molar-refractivity contribution in [3.63, 3.8) is 0 Å². The number of benzene rings is 3. The minimum atomic E-state index is -0.573. The van der Waals surface area contributed by atoms with Crippen molar-refractivity contribution in [3.05, 3.63) is 112 Å². The van der Waals surface area contributed by atoms with Crippen LogP contribution in [0.15, 0.2) is 84.9 Å². The van der Waals surface area contributed by atoms with Crippen molar-refractivity contribution in [3.8, 4) is 11.5 Å². The molecule has 0 aliphatic heterocycles. The van der Waals surface area contributed by atoms with Crippen LogP contribution in [0.5, 0.6) is 11.5 Å². The molecule has 178 valence electrons. The maximum Gasteiger partial charge on any atom is 0.260 e. The van der Waals surface area contributed by atoms with Crippen molar-refractivity contribution >= 4 is 28.2 Å². The number of anilines is 1. The van der Waals surface area contributed by atoms with Crippen molar-refractivity contribution in [2.45, 2.75) is 13.3 Å². The van der Waals surface area contributed by atoms with E-state index in [1.54, 1.807) is 24.3 Å². The Hall–Kier alpha value is -4.10. The molecule has 0 radical (unpaired) electrons. The zero-order valence-electron chi connectivity index (χ0n) is 19.3. The molecule has 35 heavy (non-hydrogen) atoms. The van der Waals surface area contributed by atoms with Crippen molar-refractivity contribution in [2.24, 2.45) is 5.73 Å². The molecule has 0 spiro atoms. The van der Waals surface area contributed by atoms with E-state index in [2.05, 4.69) is 5.32 Å². The second kappa shape index (κ2) is 11.4. The number of hydrogen-bond donors (Lipinski definition) is 2. The Labute approximate surface area is 208 Å². The summed E-state index contributed by atoms with van der Waals surface area (Å²) in [5.41, 5.74) is 8.26. The number of carbonyl (C=O) groups is 2. The molecule has 0 saturated carbocycles. The molecule has 2 amide bonds.